The Morgan fingerprint density at radius 1 is 1.22 bits per heavy atom. The fraction of sp³-hybridized carbons (Fsp3) is 0.385. The Balaban J connectivity index is 1.70. The van der Waals surface area contributed by atoms with E-state index in [2.05, 4.69) is 19.9 Å². The average molecular weight is 490 g/mol. The van der Waals surface area contributed by atoms with Crippen molar-refractivity contribution < 1.29 is 14.6 Å². The molecule has 0 aromatic carbocycles. The largest absolute Gasteiger partial charge is 0.489 e. The van der Waals surface area contributed by atoms with Crippen LogP contribution in [0.1, 0.15) is 43.9 Å². The van der Waals surface area contributed by atoms with Gasteiger partial charge in [0.1, 0.15) is 17.7 Å². The molecule has 2 atom stereocenters. The van der Waals surface area contributed by atoms with Crippen molar-refractivity contribution in [2.24, 2.45) is 0 Å². The van der Waals surface area contributed by atoms with Crippen molar-refractivity contribution in [3.63, 3.8) is 0 Å². The number of aliphatic hydroxyl groups is 1. The second-order valence-corrected chi connectivity index (χ2v) is 9.09. The highest BCUT2D eigenvalue weighted by Crippen LogP contribution is 2.31. The van der Waals surface area contributed by atoms with Crippen LogP contribution in [0.3, 0.4) is 0 Å². The summed E-state index contributed by atoms with van der Waals surface area (Å²) in [5.74, 6) is 2.00. The summed E-state index contributed by atoms with van der Waals surface area (Å²) in [6, 6.07) is 1.67. The molecule has 0 spiro atoms. The third kappa shape index (κ3) is 4.57. The van der Waals surface area contributed by atoms with Crippen molar-refractivity contribution in [1.29, 1.82) is 0 Å². The molecule has 0 aliphatic carbocycles. The van der Waals surface area contributed by atoms with Gasteiger partial charge >= 0.3 is 0 Å². The number of hydrogen-bond acceptors (Lipinski definition) is 8. The van der Waals surface area contributed by atoms with Gasteiger partial charge in [-0.3, -0.25) is 24.0 Å². The van der Waals surface area contributed by atoms with E-state index in [1.54, 1.807) is 24.8 Å². The molecule has 0 unspecified atom stereocenters. The van der Waals surface area contributed by atoms with Crippen LogP contribution in [0.5, 0.6) is 11.6 Å². The molecule has 5 heterocycles. The highest BCUT2D eigenvalue weighted by Gasteiger charge is 2.23. The molecule has 10 heteroatoms. The Morgan fingerprint density at radius 3 is 2.86 bits per heavy atom. The Hall–Kier alpha value is -3.76. The van der Waals surface area contributed by atoms with Gasteiger partial charge in [0.15, 0.2) is 0 Å². The molecule has 1 aliphatic heterocycles. The fourth-order valence-corrected chi connectivity index (χ4v) is 4.50. The summed E-state index contributed by atoms with van der Waals surface area (Å²) in [5, 5.41) is 14.6. The summed E-state index contributed by atoms with van der Waals surface area (Å²) in [6.07, 6.45) is 12.9. The van der Waals surface area contributed by atoms with Gasteiger partial charge in [0.05, 0.1) is 59.7 Å². The van der Waals surface area contributed by atoms with Crippen molar-refractivity contribution in [2.75, 3.05) is 26.8 Å². The van der Waals surface area contributed by atoms with E-state index in [-0.39, 0.29) is 18.8 Å². The second-order valence-electron chi connectivity index (χ2n) is 9.09. The van der Waals surface area contributed by atoms with Crippen molar-refractivity contribution in [2.45, 2.75) is 39.5 Å². The van der Waals surface area contributed by atoms with E-state index in [1.165, 1.54) is 0 Å². The lowest BCUT2D eigenvalue weighted by molar-refractivity contribution is 0.155. The smallest absolute Gasteiger partial charge is 0.240 e. The first-order chi connectivity index (χ1) is 17.5. The third-order valence-corrected chi connectivity index (χ3v) is 6.19. The van der Waals surface area contributed by atoms with E-state index in [9.17, 15) is 5.11 Å². The molecule has 0 saturated heterocycles. The Kier molecular flexibility index (Phi) is 6.71. The molecule has 0 amide bonds. The number of nitrogens with zero attached hydrogens (tertiary/aromatic N) is 7. The summed E-state index contributed by atoms with van der Waals surface area (Å²) >= 11 is 0. The van der Waals surface area contributed by atoms with Crippen LogP contribution < -0.4 is 9.47 Å². The number of aliphatic hydroxyl groups excluding tert-OH is 1. The van der Waals surface area contributed by atoms with Crippen LogP contribution in [0.25, 0.3) is 28.9 Å². The fourth-order valence-electron chi connectivity index (χ4n) is 4.50. The van der Waals surface area contributed by atoms with E-state index in [1.807, 2.05) is 61.3 Å². The third-order valence-electron chi connectivity index (χ3n) is 6.19. The van der Waals surface area contributed by atoms with Gasteiger partial charge in [-0.25, -0.2) is 4.98 Å². The predicted molar refractivity (Wildman–Crippen MR) is 137 cm³/mol. The maximum absolute atomic E-state index is 9.91. The molecular weight excluding hydrogens is 458 g/mol. The number of aromatic nitrogens is 6. The van der Waals surface area contributed by atoms with Crippen LogP contribution >= 0.6 is 0 Å². The first-order valence-electron chi connectivity index (χ1n) is 12.1. The summed E-state index contributed by atoms with van der Waals surface area (Å²) in [4.78, 5) is 15.7. The van der Waals surface area contributed by atoms with Crippen LogP contribution in [-0.2, 0) is 6.54 Å². The Morgan fingerprint density at radius 2 is 2.06 bits per heavy atom. The van der Waals surface area contributed by atoms with E-state index in [4.69, 9.17) is 14.6 Å². The quantitative estimate of drug-likeness (QED) is 0.466. The van der Waals surface area contributed by atoms with Gasteiger partial charge in [-0.15, -0.1) is 5.10 Å². The SMILES string of the molecule is CCOc1nn([C@@H](C)CO)c2c1/C=C/c1ncc3cnc(cn13)-c1cnccc1O[C@@H](C)CN(C)C2. The molecular formula is C26H31N7O3. The first kappa shape index (κ1) is 24.0. The highest BCUT2D eigenvalue weighted by molar-refractivity contribution is 5.73. The number of likely N-dealkylation sites (N-methyl/N-ethyl adjacent to an activating group) is 1. The molecule has 188 valence electrons. The van der Waals surface area contributed by atoms with Crippen molar-refractivity contribution in [3.05, 3.63) is 54.1 Å². The van der Waals surface area contributed by atoms with Gasteiger partial charge in [-0.05, 0) is 46.0 Å². The summed E-state index contributed by atoms with van der Waals surface area (Å²) in [5.41, 5.74) is 4.26. The second kappa shape index (κ2) is 10.1. The average Bonchev–Trinajstić information content (AvgIpc) is 3.42. The molecule has 0 fully saturated rings. The minimum absolute atomic E-state index is 0.0296. The Labute approximate surface area is 209 Å². The molecule has 10 nitrogen and oxygen atoms in total. The summed E-state index contributed by atoms with van der Waals surface area (Å²) < 4.78 is 16.1. The van der Waals surface area contributed by atoms with E-state index in [0.717, 1.165) is 39.6 Å². The van der Waals surface area contributed by atoms with Gasteiger partial charge in [0.2, 0.25) is 5.88 Å². The molecule has 2 bridgehead atoms. The number of pyridine rings is 1. The van der Waals surface area contributed by atoms with Crippen LogP contribution in [0.15, 0.2) is 37.1 Å². The molecule has 0 saturated carbocycles. The summed E-state index contributed by atoms with van der Waals surface area (Å²) in [7, 11) is 2.04. The van der Waals surface area contributed by atoms with Gasteiger partial charge in [0, 0.05) is 31.7 Å². The lowest BCUT2D eigenvalue weighted by Gasteiger charge is -2.24. The minimum Gasteiger partial charge on any atom is -0.489 e. The zero-order chi connectivity index (χ0) is 25.2. The predicted octanol–water partition coefficient (Wildman–Crippen LogP) is 3.32. The standard InChI is InChI=1S/C26H31N7O3/c1-5-35-26-20-6-7-25-29-11-19-10-28-22(14-32(19)25)21-12-27-9-8-24(21)36-18(3)13-31(4)15-23(20)33(30-26)17(2)16-34/h6-12,14,17-18,34H,5,13,15-16H2,1-4H3/b7-6+/t17-,18-/m0/s1. The topological polar surface area (TPSA) is 103 Å². The van der Waals surface area contributed by atoms with Crippen molar-refractivity contribution in [1.82, 2.24) is 34.0 Å². The zero-order valence-electron chi connectivity index (χ0n) is 21.0. The zero-order valence-corrected chi connectivity index (χ0v) is 21.0. The Bertz CT molecular complexity index is 1390. The number of fused-ring (bicyclic) bond motifs is 4. The molecule has 1 aliphatic rings. The summed E-state index contributed by atoms with van der Waals surface area (Å²) in [6.45, 7) is 7.64. The number of ether oxygens (including phenoxy) is 2. The molecule has 1 N–H and O–H groups in total. The minimum atomic E-state index is -0.203. The van der Waals surface area contributed by atoms with E-state index in [0.29, 0.717) is 25.6 Å². The molecule has 4 aromatic heterocycles. The lowest BCUT2D eigenvalue weighted by atomic mass is 10.2. The van der Waals surface area contributed by atoms with Gasteiger partial charge in [-0.2, -0.15) is 0 Å². The highest BCUT2D eigenvalue weighted by atomic mass is 16.5. The molecule has 5 rings (SSSR count). The maximum atomic E-state index is 9.91. The van der Waals surface area contributed by atoms with Gasteiger partial charge < -0.3 is 14.6 Å². The molecule has 4 aromatic rings. The van der Waals surface area contributed by atoms with Crippen LogP contribution in [0, 0.1) is 0 Å². The maximum Gasteiger partial charge on any atom is 0.240 e. The van der Waals surface area contributed by atoms with E-state index < -0.39 is 0 Å². The number of rotatable bonds is 4. The van der Waals surface area contributed by atoms with Crippen LogP contribution in [0.4, 0.5) is 0 Å². The van der Waals surface area contributed by atoms with E-state index >= 15 is 0 Å². The number of hydrogen-bond donors (Lipinski definition) is 1. The number of imidazole rings is 1. The lowest BCUT2D eigenvalue weighted by Crippen LogP contribution is -2.32. The van der Waals surface area contributed by atoms with Crippen molar-refractivity contribution >= 4 is 17.7 Å². The normalized spacial score (nSPS) is 18.1. The van der Waals surface area contributed by atoms with Gasteiger partial charge in [0.25, 0.3) is 0 Å². The van der Waals surface area contributed by atoms with Crippen LogP contribution in [0.2, 0.25) is 0 Å². The monoisotopic (exact) mass is 489 g/mol. The van der Waals surface area contributed by atoms with Crippen molar-refractivity contribution in [3.8, 4) is 22.9 Å². The molecule has 36 heavy (non-hydrogen) atoms. The molecule has 0 radical (unpaired) electrons. The van der Waals surface area contributed by atoms with Gasteiger partial charge in [-0.1, -0.05) is 0 Å². The first-order valence-corrected chi connectivity index (χ1v) is 12.1. The van der Waals surface area contributed by atoms with Crippen LogP contribution in [-0.4, -0.2) is 72.0 Å².